The zero-order valence-corrected chi connectivity index (χ0v) is 14.0. The molecule has 0 bridgehead atoms. The van der Waals surface area contributed by atoms with Crippen molar-refractivity contribution in [3.8, 4) is 0 Å². The summed E-state index contributed by atoms with van der Waals surface area (Å²) in [6.45, 7) is 6.73. The fraction of sp³-hybridized carbons (Fsp3) is 0.714. The average molecular weight is 319 g/mol. The second-order valence-electron chi connectivity index (χ2n) is 5.05. The van der Waals surface area contributed by atoms with Crippen molar-refractivity contribution in [2.24, 2.45) is 5.73 Å². The Morgan fingerprint density at radius 2 is 2.26 bits per heavy atom. The molecule has 5 heteroatoms. The van der Waals surface area contributed by atoms with Crippen molar-refractivity contribution >= 4 is 34.7 Å². The quantitative estimate of drug-likeness (QED) is 0.889. The van der Waals surface area contributed by atoms with Crippen molar-refractivity contribution in [3.63, 3.8) is 0 Å². The summed E-state index contributed by atoms with van der Waals surface area (Å²) in [5, 5.41) is 0.746. The van der Waals surface area contributed by atoms with Crippen LogP contribution in [0, 0.1) is 0 Å². The summed E-state index contributed by atoms with van der Waals surface area (Å²) >= 11 is 9.88. The van der Waals surface area contributed by atoms with E-state index in [0.29, 0.717) is 6.04 Å². The fourth-order valence-corrected chi connectivity index (χ4v) is 5.09. The van der Waals surface area contributed by atoms with Gasteiger partial charge in [0.25, 0.3) is 0 Å². The number of hydrogen-bond acceptors (Lipinski definition) is 4. The highest BCUT2D eigenvalue weighted by atomic mass is 35.5. The topological polar surface area (TPSA) is 29.3 Å². The molecule has 0 amide bonds. The van der Waals surface area contributed by atoms with Crippen molar-refractivity contribution in [3.05, 3.63) is 21.3 Å². The fourth-order valence-electron chi connectivity index (χ4n) is 2.61. The minimum absolute atomic E-state index is 0.190. The minimum Gasteiger partial charge on any atom is -0.326 e. The van der Waals surface area contributed by atoms with Gasteiger partial charge in [0, 0.05) is 35.0 Å². The normalized spacial score (nSPS) is 24.3. The molecule has 1 fully saturated rings. The molecule has 0 aliphatic carbocycles. The monoisotopic (exact) mass is 318 g/mol. The van der Waals surface area contributed by atoms with Crippen LogP contribution >= 0.6 is 34.7 Å². The molecule has 108 valence electrons. The Bertz CT molecular complexity index is 397. The Labute approximate surface area is 129 Å². The highest BCUT2D eigenvalue weighted by Crippen LogP contribution is 2.35. The molecule has 0 spiro atoms. The van der Waals surface area contributed by atoms with Crippen molar-refractivity contribution in [1.82, 2.24) is 4.90 Å². The SMILES string of the molecule is CCC1CN(C(c2ccc(Cl)s2)C(N)CC)CCS1. The number of nitrogens with two attached hydrogens (primary N) is 1. The first kappa shape index (κ1) is 15.6. The third-order valence-electron chi connectivity index (χ3n) is 3.78. The number of thioether (sulfide) groups is 1. The van der Waals surface area contributed by atoms with E-state index in [4.69, 9.17) is 17.3 Å². The van der Waals surface area contributed by atoms with Crippen LogP contribution in [0.3, 0.4) is 0 Å². The lowest BCUT2D eigenvalue weighted by Crippen LogP contribution is -2.46. The Morgan fingerprint density at radius 3 is 2.84 bits per heavy atom. The van der Waals surface area contributed by atoms with E-state index in [1.54, 1.807) is 11.3 Å². The lowest BCUT2D eigenvalue weighted by atomic mass is 10.0. The highest BCUT2D eigenvalue weighted by Gasteiger charge is 2.30. The van der Waals surface area contributed by atoms with E-state index in [1.165, 1.54) is 17.1 Å². The molecule has 2 nitrogen and oxygen atoms in total. The van der Waals surface area contributed by atoms with Gasteiger partial charge in [-0.2, -0.15) is 11.8 Å². The van der Waals surface area contributed by atoms with Gasteiger partial charge in [-0.1, -0.05) is 25.4 Å². The van der Waals surface area contributed by atoms with Gasteiger partial charge in [0.2, 0.25) is 0 Å². The van der Waals surface area contributed by atoms with Gasteiger partial charge in [-0.25, -0.2) is 0 Å². The summed E-state index contributed by atoms with van der Waals surface area (Å²) in [5.74, 6) is 1.21. The van der Waals surface area contributed by atoms with Crippen LogP contribution in [0.1, 0.15) is 37.6 Å². The molecular formula is C14H23ClN2S2. The van der Waals surface area contributed by atoms with Gasteiger partial charge in [0.15, 0.2) is 0 Å². The van der Waals surface area contributed by atoms with Crippen LogP contribution in [-0.2, 0) is 0 Å². The Balaban J connectivity index is 2.17. The number of hydrogen-bond donors (Lipinski definition) is 1. The lowest BCUT2D eigenvalue weighted by molar-refractivity contribution is 0.177. The summed E-state index contributed by atoms with van der Waals surface area (Å²) in [4.78, 5) is 3.89. The van der Waals surface area contributed by atoms with Crippen molar-refractivity contribution in [1.29, 1.82) is 0 Å². The average Bonchev–Trinajstić information content (AvgIpc) is 2.85. The smallest absolute Gasteiger partial charge is 0.0931 e. The van der Waals surface area contributed by atoms with E-state index in [2.05, 4.69) is 36.6 Å². The molecule has 2 N–H and O–H groups in total. The first-order valence-electron chi connectivity index (χ1n) is 7.02. The molecule has 1 aliphatic rings. The van der Waals surface area contributed by atoms with E-state index < -0.39 is 0 Å². The summed E-state index contributed by atoms with van der Waals surface area (Å²) in [6, 6.07) is 4.66. The van der Waals surface area contributed by atoms with Gasteiger partial charge in [0.05, 0.1) is 10.4 Å². The van der Waals surface area contributed by atoms with Gasteiger partial charge in [-0.05, 0) is 25.0 Å². The predicted octanol–water partition coefficient (Wildman–Crippen LogP) is 4.01. The van der Waals surface area contributed by atoms with Gasteiger partial charge in [-0.3, -0.25) is 4.90 Å². The highest BCUT2D eigenvalue weighted by molar-refractivity contribution is 8.00. The van der Waals surface area contributed by atoms with Crippen molar-refractivity contribution < 1.29 is 0 Å². The van der Waals surface area contributed by atoms with Gasteiger partial charge in [-0.15, -0.1) is 11.3 Å². The maximum absolute atomic E-state index is 6.39. The maximum atomic E-state index is 6.39. The van der Waals surface area contributed by atoms with E-state index in [9.17, 15) is 0 Å². The molecule has 1 saturated heterocycles. The Hall–Kier alpha value is 0.260. The molecule has 19 heavy (non-hydrogen) atoms. The Kier molecular flexibility index (Phi) is 6.03. The molecule has 0 saturated carbocycles. The maximum Gasteiger partial charge on any atom is 0.0931 e. The van der Waals surface area contributed by atoms with Crippen LogP contribution in [0.5, 0.6) is 0 Å². The second kappa shape index (κ2) is 7.32. The first-order chi connectivity index (χ1) is 9.15. The summed E-state index contributed by atoms with van der Waals surface area (Å²) < 4.78 is 0.863. The number of halogens is 1. The van der Waals surface area contributed by atoms with Crippen LogP contribution in [0.25, 0.3) is 0 Å². The van der Waals surface area contributed by atoms with E-state index in [-0.39, 0.29) is 6.04 Å². The molecule has 2 heterocycles. The summed E-state index contributed by atoms with van der Waals surface area (Å²) in [6.07, 6.45) is 2.24. The molecular weight excluding hydrogens is 296 g/mol. The third-order valence-corrected chi connectivity index (χ3v) is 6.46. The second-order valence-corrected chi connectivity index (χ2v) is 8.21. The van der Waals surface area contributed by atoms with Crippen LogP contribution in [0.15, 0.2) is 12.1 Å². The molecule has 1 aromatic heterocycles. The van der Waals surface area contributed by atoms with Crippen LogP contribution in [0.2, 0.25) is 4.34 Å². The van der Waals surface area contributed by atoms with Crippen LogP contribution < -0.4 is 5.73 Å². The molecule has 1 aliphatic heterocycles. The third kappa shape index (κ3) is 3.88. The van der Waals surface area contributed by atoms with Gasteiger partial charge in [0.1, 0.15) is 0 Å². The van der Waals surface area contributed by atoms with Crippen LogP contribution in [0.4, 0.5) is 0 Å². The van der Waals surface area contributed by atoms with Gasteiger partial charge < -0.3 is 5.73 Å². The molecule has 0 radical (unpaired) electrons. The summed E-state index contributed by atoms with van der Waals surface area (Å²) in [5.41, 5.74) is 6.39. The minimum atomic E-state index is 0.190. The van der Waals surface area contributed by atoms with E-state index in [0.717, 1.165) is 29.1 Å². The molecule has 3 atom stereocenters. The Morgan fingerprint density at radius 1 is 1.47 bits per heavy atom. The standard InChI is InChI=1S/C14H23ClN2S2/c1-3-10-9-17(7-8-18-10)14(11(16)4-2)12-5-6-13(15)19-12/h5-6,10-11,14H,3-4,7-9,16H2,1-2H3. The first-order valence-corrected chi connectivity index (χ1v) is 9.26. The molecule has 1 aromatic rings. The molecule has 0 aromatic carbocycles. The lowest BCUT2D eigenvalue weighted by Gasteiger charge is -2.39. The zero-order chi connectivity index (χ0) is 13.8. The largest absolute Gasteiger partial charge is 0.326 e. The predicted molar refractivity (Wildman–Crippen MR) is 88.4 cm³/mol. The van der Waals surface area contributed by atoms with E-state index >= 15 is 0 Å². The summed E-state index contributed by atoms with van der Waals surface area (Å²) in [7, 11) is 0. The number of rotatable bonds is 5. The molecule has 3 unspecified atom stereocenters. The number of thiophene rings is 1. The number of nitrogens with zero attached hydrogens (tertiary/aromatic N) is 1. The van der Waals surface area contributed by atoms with Gasteiger partial charge >= 0.3 is 0 Å². The zero-order valence-electron chi connectivity index (χ0n) is 11.6. The van der Waals surface area contributed by atoms with E-state index in [1.807, 2.05) is 6.07 Å². The van der Waals surface area contributed by atoms with Crippen molar-refractivity contribution in [2.75, 3.05) is 18.8 Å². The van der Waals surface area contributed by atoms with Crippen molar-refractivity contribution in [2.45, 2.75) is 44.0 Å². The van der Waals surface area contributed by atoms with Crippen LogP contribution in [-0.4, -0.2) is 35.0 Å². The molecule has 2 rings (SSSR count).